The van der Waals surface area contributed by atoms with Gasteiger partial charge in [-0.2, -0.15) is 0 Å². The molecule has 19 heavy (non-hydrogen) atoms. The number of pyridine rings is 1. The van der Waals surface area contributed by atoms with Gasteiger partial charge in [0.1, 0.15) is 0 Å². The van der Waals surface area contributed by atoms with Crippen molar-refractivity contribution in [1.29, 1.82) is 0 Å². The molecule has 0 atom stereocenters. The van der Waals surface area contributed by atoms with Crippen LogP contribution < -0.4 is 9.47 Å². The van der Waals surface area contributed by atoms with Crippen LogP contribution in [0.3, 0.4) is 0 Å². The molecule has 0 N–H and O–H groups in total. The van der Waals surface area contributed by atoms with Gasteiger partial charge in [-0.1, -0.05) is 0 Å². The monoisotopic (exact) mass is 256 g/mol. The molecule has 0 saturated heterocycles. The number of nitrogens with zero attached hydrogens (tertiary/aromatic N) is 2. The maximum atomic E-state index is 5.39. The summed E-state index contributed by atoms with van der Waals surface area (Å²) >= 11 is 0. The summed E-state index contributed by atoms with van der Waals surface area (Å²) in [4.78, 5) is 6.64. The van der Waals surface area contributed by atoms with Crippen LogP contribution >= 0.6 is 0 Å². The third-order valence-corrected chi connectivity index (χ3v) is 3.43. The SMILES string of the molecule is COc1cc2cnc3c(c2cc1OC)CN(C)C=C3. The second-order valence-electron chi connectivity index (χ2n) is 4.65. The van der Waals surface area contributed by atoms with Gasteiger partial charge in [0.05, 0.1) is 19.9 Å². The standard InChI is InChI=1S/C15H16N2O2/c1-17-5-4-13-12(9-17)11-7-15(19-3)14(18-2)6-10(11)8-16-13/h4-8H,9H2,1-3H3. The second-order valence-corrected chi connectivity index (χ2v) is 4.65. The minimum Gasteiger partial charge on any atom is -0.493 e. The molecule has 0 fully saturated rings. The first-order valence-corrected chi connectivity index (χ1v) is 6.15. The molecule has 98 valence electrons. The average Bonchev–Trinajstić information content (AvgIpc) is 2.45. The Morgan fingerprint density at radius 3 is 2.63 bits per heavy atom. The first-order valence-electron chi connectivity index (χ1n) is 6.15. The molecule has 2 aromatic rings. The highest BCUT2D eigenvalue weighted by Crippen LogP contribution is 2.35. The van der Waals surface area contributed by atoms with E-state index in [9.17, 15) is 0 Å². The average molecular weight is 256 g/mol. The number of hydrogen-bond acceptors (Lipinski definition) is 4. The molecule has 0 bridgehead atoms. The normalized spacial score (nSPS) is 13.5. The Balaban J connectivity index is 2.28. The minimum atomic E-state index is 0.733. The van der Waals surface area contributed by atoms with E-state index in [4.69, 9.17) is 9.47 Å². The number of aromatic nitrogens is 1. The van der Waals surface area contributed by atoms with Crippen LogP contribution in [0.5, 0.6) is 11.5 Å². The molecule has 1 aliphatic heterocycles. The molecule has 2 heterocycles. The molecule has 4 nitrogen and oxygen atoms in total. The smallest absolute Gasteiger partial charge is 0.161 e. The van der Waals surface area contributed by atoms with Crippen molar-refractivity contribution in [3.05, 3.63) is 35.8 Å². The lowest BCUT2D eigenvalue weighted by molar-refractivity contribution is 0.355. The number of rotatable bonds is 2. The van der Waals surface area contributed by atoms with Gasteiger partial charge in [-0.05, 0) is 23.6 Å². The topological polar surface area (TPSA) is 34.6 Å². The molecule has 0 radical (unpaired) electrons. The van der Waals surface area contributed by atoms with E-state index in [0.717, 1.165) is 29.1 Å². The van der Waals surface area contributed by atoms with E-state index in [1.807, 2.05) is 30.6 Å². The van der Waals surface area contributed by atoms with Crippen molar-refractivity contribution >= 4 is 16.8 Å². The Morgan fingerprint density at radius 2 is 1.89 bits per heavy atom. The first kappa shape index (κ1) is 11.8. The van der Waals surface area contributed by atoms with Crippen molar-refractivity contribution in [2.45, 2.75) is 6.54 Å². The molecule has 0 unspecified atom stereocenters. The zero-order valence-corrected chi connectivity index (χ0v) is 11.3. The summed E-state index contributed by atoms with van der Waals surface area (Å²) in [6, 6.07) is 4.00. The summed E-state index contributed by atoms with van der Waals surface area (Å²) in [7, 11) is 5.36. The van der Waals surface area contributed by atoms with Gasteiger partial charge in [0, 0.05) is 36.9 Å². The Bertz CT molecular complexity index is 665. The third kappa shape index (κ3) is 1.89. The number of hydrogen-bond donors (Lipinski definition) is 0. The second kappa shape index (κ2) is 4.46. The third-order valence-electron chi connectivity index (χ3n) is 3.43. The summed E-state index contributed by atoms with van der Waals surface area (Å²) in [5.41, 5.74) is 2.25. The van der Waals surface area contributed by atoms with E-state index in [1.165, 1.54) is 10.9 Å². The maximum absolute atomic E-state index is 5.39. The van der Waals surface area contributed by atoms with Gasteiger partial charge < -0.3 is 14.4 Å². The molecule has 3 rings (SSSR count). The van der Waals surface area contributed by atoms with Gasteiger partial charge >= 0.3 is 0 Å². The van der Waals surface area contributed by atoms with Gasteiger partial charge in [0.15, 0.2) is 11.5 Å². The zero-order valence-electron chi connectivity index (χ0n) is 11.3. The molecule has 1 aromatic heterocycles. The minimum absolute atomic E-state index is 0.733. The molecule has 0 spiro atoms. The van der Waals surface area contributed by atoms with Crippen LogP contribution in [0.4, 0.5) is 0 Å². The number of benzene rings is 1. The van der Waals surface area contributed by atoms with E-state index in [-0.39, 0.29) is 0 Å². The van der Waals surface area contributed by atoms with E-state index in [2.05, 4.69) is 16.9 Å². The molecule has 0 aliphatic carbocycles. The summed E-state index contributed by atoms with van der Waals surface area (Å²) in [6.07, 6.45) is 5.96. The van der Waals surface area contributed by atoms with Crippen molar-refractivity contribution in [2.24, 2.45) is 0 Å². The molecule has 0 amide bonds. The Kier molecular flexibility index (Phi) is 2.78. The Hall–Kier alpha value is -2.23. The number of fused-ring (bicyclic) bond motifs is 3. The zero-order chi connectivity index (χ0) is 13.4. The lowest BCUT2D eigenvalue weighted by Gasteiger charge is -2.22. The van der Waals surface area contributed by atoms with Crippen molar-refractivity contribution in [3.8, 4) is 11.5 Å². The van der Waals surface area contributed by atoms with Gasteiger partial charge in [0.25, 0.3) is 0 Å². The van der Waals surface area contributed by atoms with Crippen molar-refractivity contribution in [2.75, 3.05) is 21.3 Å². The predicted molar refractivity (Wildman–Crippen MR) is 75.3 cm³/mol. The summed E-state index contributed by atoms with van der Waals surface area (Å²) in [6.45, 7) is 0.853. The van der Waals surface area contributed by atoms with Crippen molar-refractivity contribution in [3.63, 3.8) is 0 Å². The van der Waals surface area contributed by atoms with Crippen LogP contribution in [0.2, 0.25) is 0 Å². The summed E-state index contributed by atoms with van der Waals surface area (Å²) < 4.78 is 10.7. The van der Waals surface area contributed by atoms with E-state index in [0.29, 0.717) is 0 Å². The lowest BCUT2D eigenvalue weighted by atomic mass is 10.0. The van der Waals surface area contributed by atoms with Crippen molar-refractivity contribution in [1.82, 2.24) is 9.88 Å². The molecule has 4 heteroatoms. The van der Waals surface area contributed by atoms with Crippen LogP contribution in [-0.2, 0) is 6.54 Å². The van der Waals surface area contributed by atoms with Gasteiger partial charge in [-0.15, -0.1) is 0 Å². The maximum Gasteiger partial charge on any atom is 0.161 e. The van der Waals surface area contributed by atoms with Crippen LogP contribution in [-0.4, -0.2) is 31.2 Å². The predicted octanol–water partition coefficient (Wildman–Crippen LogP) is 2.67. The van der Waals surface area contributed by atoms with Crippen LogP contribution in [0.25, 0.3) is 16.8 Å². The van der Waals surface area contributed by atoms with E-state index < -0.39 is 0 Å². The lowest BCUT2D eigenvalue weighted by Crippen LogP contribution is -2.15. The highest BCUT2D eigenvalue weighted by Gasteiger charge is 2.15. The Labute approximate surface area is 112 Å². The fourth-order valence-corrected chi connectivity index (χ4v) is 2.43. The molecular formula is C15H16N2O2. The number of methoxy groups -OCH3 is 2. The molecular weight excluding hydrogens is 240 g/mol. The highest BCUT2D eigenvalue weighted by molar-refractivity contribution is 5.90. The van der Waals surface area contributed by atoms with E-state index in [1.54, 1.807) is 14.2 Å². The largest absolute Gasteiger partial charge is 0.493 e. The van der Waals surface area contributed by atoms with Crippen LogP contribution in [0.1, 0.15) is 11.3 Å². The quantitative estimate of drug-likeness (QED) is 0.827. The number of ether oxygens (including phenoxy) is 2. The fraction of sp³-hybridized carbons (Fsp3) is 0.267. The van der Waals surface area contributed by atoms with Gasteiger partial charge in [0.2, 0.25) is 0 Å². The van der Waals surface area contributed by atoms with Crippen molar-refractivity contribution < 1.29 is 9.47 Å². The van der Waals surface area contributed by atoms with Gasteiger partial charge in [-0.25, -0.2) is 0 Å². The molecule has 1 aliphatic rings. The Morgan fingerprint density at radius 1 is 1.16 bits per heavy atom. The summed E-state index contributed by atoms with van der Waals surface area (Å²) in [5, 5.41) is 2.24. The van der Waals surface area contributed by atoms with E-state index >= 15 is 0 Å². The van der Waals surface area contributed by atoms with Crippen LogP contribution in [0, 0.1) is 0 Å². The molecule has 0 saturated carbocycles. The molecule has 1 aromatic carbocycles. The first-order chi connectivity index (χ1) is 9.22. The summed E-state index contributed by atoms with van der Waals surface area (Å²) in [5.74, 6) is 1.48. The fourth-order valence-electron chi connectivity index (χ4n) is 2.43. The van der Waals surface area contributed by atoms with Gasteiger partial charge in [-0.3, -0.25) is 4.98 Å². The van der Waals surface area contributed by atoms with Crippen LogP contribution in [0.15, 0.2) is 24.5 Å². The highest BCUT2D eigenvalue weighted by atomic mass is 16.5.